The molecule has 3 fully saturated rings. The number of fused-ring (bicyclic) bond motifs is 1. The summed E-state index contributed by atoms with van der Waals surface area (Å²) in [6, 6.07) is 4.83. The predicted molar refractivity (Wildman–Crippen MR) is 207 cm³/mol. The number of carbonyl (C=O) groups is 6. The molecule has 3 unspecified atom stereocenters. The Morgan fingerprint density at radius 1 is 0.855 bits per heavy atom. The van der Waals surface area contributed by atoms with Crippen LogP contribution in [0.5, 0.6) is 0 Å². The molecule has 0 bridgehead atoms. The first kappa shape index (κ1) is 41.5. The minimum Gasteiger partial charge on any atom is -0.344 e. The van der Waals surface area contributed by atoms with Gasteiger partial charge in [0.15, 0.2) is 0 Å². The van der Waals surface area contributed by atoms with Crippen molar-refractivity contribution in [3.63, 3.8) is 0 Å². The quantitative estimate of drug-likeness (QED) is 0.202. The van der Waals surface area contributed by atoms with Crippen LogP contribution >= 0.6 is 0 Å². The Morgan fingerprint density at radius 2 is 1.55 bits per heavy atom. The van der Waals surface area contributed by atoms with E-state index in [0.717, 1.165) is 63.4 Å². The Labute approximate surface area is 325 Å². The zero-order valence-corrected chi connectivity index (χ0v) is 33.0. The molecule has 13 nitrogen and oxygen atoms in total. The smallest absolute Gasteiger partial charge is 0.290 e. The van der Waals surface area contributed by atoms with Crippen molar-refractivity contribution in [3.8, 4) is 0 Å². The van der Waals surface area contributed by atoms with Gasteiger partial charge in [-0.15, -0.1) is 0 Å². The lowest BCUT2D eigenvalue weighted by molar-refractivity contribution is -0.147. The maximum atomic E-state index is 14.9. The summed E-state index contributed by atoms with van der Waals surface area (Å²) in [5, 5.41) is 11.6. The number of carbonyl (C=O) groups excluding carboxylic acids is 6. The van der Waals surface area contributed by atoms with Crippen LogP contribution < -0.4 is 21.3 Å². The van der Waals surface area contributed by atoms with Crippen LogP contribution in [0.4, 0.5) is 0 Å². The van der Waals surface area contributed by atoms with Crippen molar-refractivity contribution in [1.82, 2.24) is 36.1 Å². The molecule has 1 saturated heterocycles. The van der Waals surface area contributed by atoms with E-state index >= 15 is 0 Å². The normalized spacial score (nSPS) is 22.3. The van der Waals surface area contributed by atoms with E-state index in [1.165, 1.54) is 18.6 Å². The third-order valence-corrected chi connectivity index (χ3v) is 11.6. The van der Waals surface area contributed by atoms with Gasteiger partial charge in [-0.1, -0.05) is 96.6 Å². The lowest BCUT2D eigenvalue weighted by atomic mass is 9.81. The number of Topliss-reactive ketones (excluding diaryl/α,β-unsaturated/α-hetero) is 1. The summed E-state index contributed by atoms with van der Waals surface area (Å²) in [5.41, 5.74) is 0.179. The number of benzene rings is 1. The van der Waals surface area contributed by atoms with Gasteiger partial charge in [-0.05, 0) is 68.3 Å². The number of ketones is 1. The molecule has 5 rings (SSSR count). The van der Waals surface area contributed by atoms with E-state index < -0.39 is 65.0 Å². The van der Waals surface area contributed by atoms with Gasteiger partial charge in [0.05, 0.1) is 18.3 Å². The van der Waals surface area contributed by atoms with E-state index in [0.29, 0.717) is 12.8 Å². The number of likely N-dealkylation sites (tertiary alicyclic amines) is 1. The molecule has 2 saturated carbocycles. The second-order valence-corrected chi connectivity index (χ2v) is 16.7. The van der Waals surface area contributed by atoms with Crippen molar-refractivity contribution in [2.45, 2.75) is 148 Å². The summed E-state index contributed by atoms with van der Waals surface area (Å²) in [6.45, 7) is 9.30. The molecule has 1 aromatic heterocycles. The molecule has 2 heterocycles. The van der Waals surface area contributed by atoms with Gasteiger partial charge in [0.1, 0.15) is 23.8 Å². The Hall–Kier alpha value is -4.68. The van der Waals surface area contributed by atoms with Gasteiger partial charge >= 0.3 is 0 Å². The average molecular weight is 758 g/mol. The molecule has 5 amide bonds. The topological polar surface area (TPSA) is 180 Å². The highest BCUT2D eigenvalue weighted by Gasteiger charge is 2.51. The molecular weight excluding hydrogens is 699 g/mol. The van der Waals surface area contributed by atoms with Gasteiger partial charge in [0, 0.05) is 18.4 Å². The molecule has 3 aliphatic rings. The van der Waals surface area contributed by atoms with Crippen LogP contribution in [0.3, 0.4) is 0 Å². The fraction of sp³-hybridized carbons (Fsp3) is 0.619. The van der Waals surface area contributed by atoms with E-state index in [-0.39, 0.29) is 35.9 Å². The highest BCUT2D eigenvalue weighted by atomic mass is 16.2. The van der Waals surface area contributed by atoms with Crippen molar-refractivity contribution >= 4 is 35.3 Å². The molecule has 0 spiro atoms. The maximum absolute atomic E-state index is 14.9. The van der Waals surface area contributed by atoms with Crippen molar-refractivity contribution in [2.24, 2.45) is 17.3 Å². The van der Waals surface area contributed by atoms with Gasteiger partial charge < -0.3 is 26.2 Å². The van der Waals surface area contributed by atoms with Crippen molar-refractivity contribution in [3.05, 3.63) is 60.2 Å². The largest absolute Gasteiger partial charge is 0.344 e. The van der Waals surface area contributed by atoms with Crippen LogP contribution in [0.1, 0.15) is 134 Å². The number of hydrogen-bond donors (Lipinski definition) is 4. The molecule has 2 aromatic rings. The average Bonchev–Trinajstić information content (AvgIpc) is 3.58. The summed E-state index contributed by atoms with van der Waals surface area (Å²) in [6.07, 6.45) is 13.4. The van der Waals surface area contributed by atoms with E-state index in [1.807, 2.05) is 58.0 Å². The Bertz CT molecular complexity index is 1660. The van der Waals surface area contributed by atoms with Crippen LogP contribution in [0.15, 0.2) is 48.9 Å². The fourth-order valence-electron chi connectivity index (χ4n) is 8.61. The van der Waals surface area contributed by atoms with Crippen LogP contribution in [-0.2, 0) is 24.0 Å². The first-order valence-electron chi connectivity index (χ1n) is 20.2. The van der Waals surface area contributed by atoms with Crippen LogP contribution in [-0.4, -0.2) is 80.4 Å². The second kappa shape index (κ2) is 18.8. The monoisotopic (exact) mass is 757 g/mol. The van der Waals surface area contributed by atoms with E-state index in [9.17, 15) is 28.8 Å². The number of nitrogens with one attached hydrogen (secondary N) is 4. The van der Waals surface area contributed by atoms with Gasteiger partial charge in [0.25, 0.3) is 11.8 Å². The van der Waals surface area contributed by atoms with E-state index in [1.54, 1.807) is 11.8 Å². The van der Waals surface area contributed by atoms with E-state index in [4.69, 9.17) is 0 Å². The maximum Gasteiger partial charge on any atom is 0.290 e. The molecular formula is C42H59N7O6. The van der Waals surface area contributed by atoms with E-state index in [2.05, 4.69) is 31.2 Å². The first-order valence-corrected chi connectivity index (χ1v) is 20.2. The van der Waals surface area contributed by atoms with Gasteiger partial charge in [-0.25, -0.2) is 4.98 Å². The number of nitrogens with zero attached hydrogens (tertiary/aromatic N) is 3. The summed E-state index contributed by atoms with van der Waals surface area (Å²) in [5.74, 6) is -3.37. The molecule has 2 aliphatic carbocycles. The Balaban J connectivity index is 1.36. The molecule has 298 valence electrons. The Kier molecular flexibility index (Phi) is 14.2. The van der Waals surface area contributed by atoms with Crippen LogP contribution in [0.25, 0.3) is 0 Å². The first-order chi connectivity index (χ1) is 26.3. The minimum atomic E-state index is -1.06. The number of hydrogen-bond acceptors (Lipinski definition) is 8. The summed E-state index contributed by atoms with van der Waals surface area (Å²) in [4.78, 5) is 93.3. The fourth-order valence-corrected chi connectivity index (χ4v) is 8.61. The van der Waals surface area contributed by atoms with Crippen molar-refractivity contribution in [2.75, 3.05) is 0 Å². The highest BCUT2D eigenvalue weighted by Crippen LogP contribution is 2.41. The molecule has 1 aromatic carbocycles. The number of aromatic nitrogens is 2. The third kappa shape index (κ3) is 10.3. The molecule has 55 heavy (non-hydrogen) atoms. The van der Waals surface area contributed by atoms with Gasteiger partial charge in [-0.3, -0.25) is 33.8 Å². The van der Waals surface area contributed by atoms with Crippen molar-refractivity contribution < 1.29 is 28.8 Å². The Morgan fingerprint density at radius 3 is 2.20 bits per heavy atom. The standard InChI is InChI=1S/C42H59N7O6/c1-6-15-30(35(50)40(54)45-26(2)27-16-9-7-10-17-27)46-38(52)33-24-29-20-13-14-21-32(29)49(33)41(55)36(42(3,4)5)48-39(53)34(28-18-11-8-12-19-28)47-37(51)31-25-43-22-23-44-31/h7,9-10,16-17,22-23,25-26,28-30,32-34,36H,6,8,11-15,18-21,24H2,1-5H3,(H,45,54)(H,46,52)(H,47,51)(H,48,53)/t26-,29?,30?,32?,33-,34-,36+/m0/s1. The second-order valence-electron chi connectivity index (χ2n) is 16.7. The number of rotatable bonds is 14. The molecule has 13 heteroatoms. The minimum absolute atomic E-state index is 0.0846. The van der Waals surface area contributed by atoms with Crippen LogP contribution in [0.2, 0.25) is 0 Å². The SMILES string of the molecule is CCCC(NC(=O)[C@@H]1CC2CCCCC2N1C(=O)[C@@H](NC(=O)[C@@H](NC(=O)c1cnccn1)C1CCCCC1)C(C)(C)C)C(=O)C(=O)N[C@@H](C)c1ccccc1. The molecule has 7 atom stereocenters. The molecule has 0 radical (unpaired) electrons. The summed E-state index contributed by atoms with van der Waals surface area (Å²) in [7, 11) is 0. The highest BCUT2D eigenvalue weighted by molar-refractivity contribution is 6.38. The van der Waals surface area contributed by atoms with Crippen LogP contribution in [0, 0.1) is 17.3 Å². The molecule has 4 N–H and O–H groups in total. The lowest BCUT2D eigenvalue weighted by Gasteiger charge is -2.40. The lowest BCUT2D eigenvalue weighted by Crippen LogP contribution is -2.63. The summed E-state index contributed by atoms with van der Waals surface area (Å²) < 4.78 is 0. The van der Waals surface area contributed by atoms with Crippen molar-refractivity contribution in [1.29, 1.82) is 0 Å². The summed E-state index contributed by atoms with van der Waals surface area (Å²) >= 11 is 0. The number of amides is 5. The zero-order chi connectivity index (χ0) is 39.7. The predicted octanol–water partition coefficient (Wildman–Crippen LogP) is 4.58. The zero-order valence-electron chi connectivity index (χ0n) is 33.0. The van der Waals surface area contributed by atoms with Gasteiger partial charge in [0.2, 0.25) is 23.5 Å². The van der Waals surface area contributed by atoms with Gasteiger partial charge in [-0.2, -0.15) is 0 Å². The molecule has 1 aliphatic heterocycles. The third-order valence-electron chi connectivity index (χ3n) is 11.6.